The topological polar surface area (TPSA) is 73.4 Å². The Morgan fingerprint density at radius 3 is 2.29 bits per heavy atom. The summed E-state index contributed by atoms with van der Waals surface area (Å²) in [4.78, 5) is 19.2. The molecule has 2 rings (SSSR count). The summed E-state index contributed by atoms with van der Waals surface area (Å²) in [7, 11) is 4.70. The summed E-state index contributed by atoms with van der Waals surface area (Å²) in [5, 5.41) is 0. The fourth-order valence-electron chi connectivity index (χ4n) is 1.82. The molecule has 0 bridgehead atoms. The van der Waals surface area contributed by atoms with Crippen LogP contribution in [0, 0.1) is 3.57 Å². The molecule has 112 valence electrons. The van der Waals surface area contributed by atoms with Crippen LogP contribution in [0.25, 0.3) is 11.4 Å². The second kappa shape index (κ2) is 6.90. The predicted molar refractivity (Wildman–Crippen MR) is 86.8 cm³/mol. The molecule has 0 saturated heterocycles. The van der Waals surface area contributed by atoms with Gasteiger partial charge in [-0.25, -0.2) is 4.98 Å². The highest BCUT2D eigenvalue weighted by atomic mass is 127. The molecule has 1 aromatic carbocycles. The monoisotopic (exact) mass is 402 g/mol. The predicted octanol–water partition coefficient (Wildman–Crippen LogP) is 2.21. The summed E-state index contributed by atoms with van der Waals surface area (Å²) < 4.78 is 16.0. The second-order valence-corrected chi connectivity index (χ2v) is 5.29. The van der Waals surface area contributed by atoms with Gasteiger partial charge in [0.2, 0.25) is 0 Å². The summed E-state index contributed by atoms with van der Waals surface area (Å²) in [6.45, 7) is 0.274. The molecule has 0 unspecified atom stereocenters. The van der Waals surface area contributed by atoms with Crippen LogP contribution in [0.1, 0.15) is 5.69 Å². The van der Waals surface area contributed by atoms with E-state index in [0.29, 0.717) is 32.2 Å². The molecule has 2 aromatic rings. The standard InChI is InChI=1S/C14H15IN2O4/c1-19-7-11-12(15)14(18)17-13(16-11)8-4-9(20-2)6-10(5-8)21-3/h4-6H,7H2,1-3H3,(H,16,17,18). The number of methoxy groups -OCH3 is 3. The lowest BCUT2D eigenvalue weighted by Crippen LogP contribution is -2.16. The summed E-state index contributed by atoms with van der Waals surface area (Å²) >= 11 is 1.96. The molecule has 1 N–H and O–H groups in total. The van der Waals surface area contributed by atoms with Crippen molar-refractivity contribution in [1.82, 2.24) is 9.97 Å². The van der Waals surface area contributed by atoms with Gasteiger partial charge in [-0.3, -0.25) is 4.79 Å². The van der Waals surface area contributed by atoms with Gasteiger partial charge in [-0.2, -0.15) is 0 Å². The van der Waals surface area contributed by atoms with Gasteiger partial charge in [0.25, 0.3) is 5.56 Å². The van der Waals surface area contributed by atoms with Gasteiger partial charge in [0.05, 0.1) is 26.5 Å². The maximum Gasteiger partial charge on any atom is 0.264 e. The van der Waals surface area contributed by atoms with Crippen LogP contribution in [-0.2, 0) is 11.3 Å². The molecule has 21 heavy (non-hydrogen) atoms. The molecule has 0 saturated carbocycles. The highest BCUT2D eigenvalue weighted by molar-refractivity contribution is 14.1. The Balaban J connectivity index is 2.58. The summed E-state index contributed by atoms with van der Waals surface area (Å²) in [5.74, 6) is 1.70. The van der Waals surface area contributed by atoms with Crippen molar-refractivity contribution in [3.8, 4) is 22.9 Å². The third-order valence-corrected chi connectivity index (χ3v) is 3.95. The zero-order valence-corrected chi connectivity index (χ0v) is 14.1. The lowest BCUT2D eigenvalue weighted by atomic mass is 10.2. The van der Waals surface area contributed by atoms with Crippen LogP contribution in [0.5, 0.6) is 11.5 Å². The van der Waals surface area contributed by atoms with Gasteiger partial charge < -0.3 is 19.2 Å². The van der Waals surface area contributed by atoms with Crippen molar-refractivity contribution in [3.05, 3.63) is 37.8 Å². The molecule has 1 aromatic heterocycles. The number of H-pyrrole nitrogens is 1. The van der Waals surface area contributed by atoms with Gasteiger partial charge in [0, 0.05) is 18.7 Å². The van der Waals surface area contributed by atoms with E-state index in [0.717, 1.165) is 0 Å². The number of ether oxygens (including phenoxy) is 3. The third kappa shape index (κ3) is 3.53. The van der Waals surface area contributed by atoms with Crippen molar-refractivity contribution in [3.63, 3.8) is 0 Å². The molecule has 7 heteroatoms. The van der Waals surface area contributed by atoms with Gasteiger partial charge in [-0.1, -0.05) is 0 Å². The molecule has 0 amide bonds. The number of benzene rings is 1. The normalized spacial score (nSPS) is 10.5. The number of nitrogens with one attached hydrogen (secondary N) is 1. The summed E-state index contributed by atoms with van der Waals surface area (Å²) in [6.07, 6.45) is 0. The van der Waals surface area contributed by atoms with Gasteiger partial charge in [-0.15, -0.1) is 0 Å². The highest BCUT2D eigenvalue weighted by Crippen LogP contribution is 2.27. The van der Waals surface area contributed by atoms with Gasteiger partial charge in [0.1, 0.15) is 20.9 Å². The smallest absolute Gasteiger partial charge is 0.264 e. The van der Waals surface area contributed by atoms with Crippen LogP contribution in [0.15, 0.2) is 23.0 Å². The molecular weight excluding hydrogens is 387 g/mol. The average Bonchev–Trinajstić information content (AvgIpc) is 2.51. The fourth-order valence-corrected chi connectivity index (χ4v) is 2.23. The number of nitrogens with zero attached hydrogens (tertiary/aromatic N) is 1. The SMILES string of the molecule is COCc1nc(-c2cc(OC)cc(OC)c2)[nH]c(=O)c1I. The van der Waals surface area contributed by atoms with Crippen LogP contribution in [0.3, 0.4) is 0 Å². The van der Waals surface area contributed by atoms with Gasteiger partial charge >= 0.3 is 0 Å². The molecule has 0 atom stereocenters. The Morgan fingerprint density at radius 1 is 1.14 bits per heavy atom. The fraction of sp³-hybridized carbons (Fsp3) is 0.286. The van der Waals surface area contributed by atoms with Crippen LogP contribution < -0.4 is 15.0 Å². The van der Waals surface area contributed by atoms with Crippen molar-refractivity contribution < 1.29 is 14.2 Å². The number of halogens is 1. The number of rotatable bonds is 5. The van der Waals surface area contributed by atoms with Crippen molar-refractivity contribution in [2.24, 2.45) is 0 Å². The first-order chi connectivity index (χ1) is 10.1. The quantitative estimate of drug-likeness (QED) is 0.777. The largest absolute Gasteiger partial charge is 0.497 e. The van der Waals surface area contributed by atoms with Crippen LogP contribution in [-0.4, -0.2) is 31.3 Å². The molecule has 0 fully saturated rings. The molecule has 1 heterocycles. The minimum atomic E-state index is -0.200. The molecule has 0 aliphatic carbocycles. The first kappa shape index (κ1) is 15.8. The molecule has 0 radical (unpaired) electrons. The molecule has 0 spiro atoms. The van der Waals surface area contributed by atoms with Gasteiger partial charge in [-0.05, 0) is 34.7 Å². The molecule has 6 nitrogen and oxygen atoms in total. The first-order valence-electron chi connectivity index (χ1n) is 6.10. The van der Waals surface area contributed by atoms with Crippen molar-refractivity contribution >= 4 is 22.6 Å². The maximum atomic E-state index is 12.0. The van der Waals surface area contributed by atoms with Crippen LogP contribution in [0.2, 0.25) is 0 Å². The second-order valence-electron chi connectivity index (χ2n) is 4.21. The lowest BCUT2D eigenvalue weighted by Gasteiger charge is -2.09. The Hall–Kier alpha value is -1.61. The van der Waals surface area contributed by atoms with Crippen LogP contribution in [0.4, 0.5) is 0 Å². The summed E-state index contributed by atoms with van der Waals surface area (Å²) in [6, 6.07) is 5.32. The number of aromatic amines is 1. The van der Waals surface area contributed by atoms with Crippen molar-refractivity contribution in [2.45, 2.75) is 6.61 Å². The molecular formula is C14H15IN2O4. The minimum absolute atomic E-state index is 0.200. The number of hydrogen-bond acceptors (Lipinski definition) is 5. The van der Waals surface area contributed by atoms with Gasteiger partial charge in [0.15, 0.2) is 0 Å². The zero-order chi connectivity index (χ0) is 15.4. The van der Waals surface area contributed by atoms with E-state index in [2.05, 4.69) is 9.97 Å². The van der Waals surface area contributed by atoms with E-state index in [1.807, 2.05) is 22.6 Å². The summed E-state index contributed by atoms with van der Waals surface area (Å²) in [5.41, 5.74) is 1.10. The highest BCUT2D eigenvalue weighted by Gasteiger charge is 2.12. The Morgan fingerprint density at radius 2 is 1.76 bits per heavy atom. The zero-order valence-electron chi connectivity index (χ0n) is 11.9. The Labute approximate surface area is 135 Å². The lowest BCUT2D eigenvalue weighted by molar-refractivity contribution is 0.180. The third-order valence-electron chi connectivity index (χ3n) is 2.84. The molecule has 0 aliphatic rings. The molecule has 0 aliphatic heterocycles. The van der Waals surface area contributed by atoms with Crippen molar-refractivity contribution in [2.75, 3.05) is 21.3 Å². The van der Waals surface area contributed by atoms with E-state index in [1.54, 1.807) is 39.5 Å². The average molecular weight is 402 g/mol. The number of hydrogen-bond donors (Lipinski definition) is 1. The van der Waals surface area contributed by atoms with E-state index in [9.17, 15) is 4.79 Å². The Kier molecular flexibility index (Phi) is 5.18. The van der Waals surface area contributed by atoms with E-state index < -0.39 is 0 Å². The Bertz CT molecular complexity index is 678. The van der Waals surface area contributed by atoms with E-state index in [1.165, 1.54) is 0 Å². The van der Waals surface area contributed by atoms with E-state index in [-0.39, 0.29) is 12.2 Å². The van der Waals surface area contributed by atoms with Crippen LogP contribution >= 0.6 is 22.6 Å². The van der Waals surface area contributed by atoms with E-state index >= 15 is 0 Å². The van der Waals surface area contributed by atoms with E-state index in [4.69, 9.17) is 14.2 Å². The first-order valence-corrected chi connectivity index (χ1v) is 7.18. The maximum absolute atomic E-state index is 12.0. The number of aromatic nitrogens is 2. The minimum Gasteiger partial charge on any atom is -0.497 e. The van der Waals surface area contributed by atoms with Crippen molar-refractivity contribution in [1.29, 1.82) is 0 Å².